The molecule has 1 aliphatic heterocycles. The molecule has 1 fully saturated rings. The fourth-order valence-electron chi connectivity index (χ4n) is 2.30. The molecule has 15 heavy (non-hydrogen) atoms. The highest BCUT2D eigenvalue weighted by molar-refractivity contribution is 5.83. The van der Waals surface area contributed by atoms with Crippen LogP contribution in [0.4, 0.5) is 0 Å². The number of carbonyl (C=O) groups excluding carboxylic acids is 1. The van der Waals surface area contributed by atoms with Gasteiger partial charge in [0.15, 0.2) is 0 Å². The third kappa shape index (κ3) is 4.20. The van der Waals surface area contributed by atoms with Crippen molar-refractivity contribution in [3.05, 3.63) is 0 Å². The van der Waals surface area contributed by atoms with Crippen molar-refractivity contribution in [2.24, 2.45) is 5.41 Å². The standard InChI is InChI=1S/C12H24N2O/c1-11(2,3)8-12(4,5)14-10(15)9-6-7-13-9/h9,13H,6-8H2,1-5H3,(H,14,15)/t9-/m1/s1. The first-order valence-electron chi connectivity index (χ1n) is 5.75. The number of rotatable bonds is 3. The van der Waals surface area contributed by atoms with Gasteiger partial charge in [-0.3, -0.25) is 4.79 Å². The summed E-state index contributed by atoms with van der Waals surface area (Å²) in [6, 6.07) is 0.0456. The Bertz CT molecular complexity index is 236. The van der Waals surface area contributed by atoms with Crippen LogP contribution in [0.3, 0.4) is 0 Å². The van der Waals surface area contributed by atoms with Gasteiger partial charge >= 0.3 is 0 Å². The Balaban J connectivity index is 2.44. The maximum Gasteiger partial charge on any atom is 0.237 e. The highest BCUT2D eigenvalue weighted by atomic mass is 16.2. The van der Waals surface area contributed by atoms with E-state index in [0.29, 0.717) is 0 Å². The van der Waals surface area contributed by atoms with Crippen molar-refractivity contribution in [2.75, 3.05) is 6.54 Å². The van der Waals surface area contributed by atoms with Gasteiger partial charge in [0.1, 0.15) is 0 Å². The second-order valence-corrected chi connectivity index (χ2v) is 6.41. The maximum atomic E-state index is 11.8. The summed E-state index contributed by atoms with van der Waals surface area (Å²) in [5.74, 6) is 0.149. The molecule has 0 spiro atoms. The van der Waals surface area contributed by atoms with E-state index in [4.69, 9.17) is 0 Å². The van der Waals surface area contributed by atoms with Crippen molar-refractivity contribution in [3.8, 4) is 0 Å². The zero-order valence-electron chi connectivity index (χ0n) is 10.6. The van der Waals surface area contributed by atoms with Crippen LogP contribution >= 0.6 is 0 Å². The van der Waals surface area contributed by atoms with Crippen molar-refractivity contribution in [3.63, 3.8) is 0 Å². The predicted octanol–water partition coefficient (Wildman–Crippen LogP) is 1.68. The van der Waals surface area contributed by atoms with Crippen molar-refractivity contribution >= 4 is 5.91 Å². The monoisotopic (exact) mass is 212 g/mol. The summed E-state index contributed by atoms with van der Waals surface area (Å²) in [6.45, 7) is 11.7. The Morgan fingerprint density at radius 2 is 1.87 bits per heavy atom. The third-order valence-electron chi connectivity index (χ3n) is 2.57. The second kappa shape index (κ2) is 4.12. The molecule has 0 aromatic rings. The minimum Gasteiger partial charge on any atom is -0.350 e. The quantitative estimate of drug-likeness (QED) is 0.747. The molecule has 1 aliphatic rings. The van der Waals surface area contributed by atoms with E-state index in [1.807, 2.05) is 0 Å². The lowest BCUT2D eigenvalue weighted by Crippen LogP contribution is -2.58. The van der Waals surface area contributed by atoms with Crippen LogP contribution in [0.2, 0.25) is 0 Å². The van der Waals surface area contributed by atoms with Gasteiger partial charge in [-0.25, -0.2) is 0 Å². The molecule has 2 N–H and O–H groups in total. The Morgan fingerprint density at radius 3 is 2.20 bits per heavy atom. The Hall–Kier alpha value is -0.570. The highest BCUT2D eigenvalue weighted by Crippen LogP contribution is 2.26. The first kappa shape index (κ1) is 12.5. The SMILES string of the molecule is CC(C)(C)CC(C)(C)NC(=O)[C@H]1CCN1. The van der Waals surface area contributed by atoms with Crippen molar-refractivity contribution in [1.29, 1.82) is 0 Å². The van der Waals surface area contributed by atoms with Crippen LogP contribution in [-0.4, -0.2) is 24.0 Å². The molecule has 3 heteroatoms. The zero-order valence-corrected chi connectivity index (χ0v) is 10.6. The van der Waals surface area contributed by atoms with Gasteiger partial charge in [0.25, 0.3) is 0 Å². The van der Waals surface area contributed by atoms with E-state index in [-0.39, 0.29) is 22.9 Å². The molecule has 1 atom stereocenters. The lowest BCUT2D eigenvalue weighted by atomic mass is 9.81. The van der Waals surface area contributed by atoms with Gasteiger partial charge in [-0.1, -0.05) is 20.8 Å². The molecule has 0 aliphatic carbocycles. The molecule has 0 aromatic carbocycles. The fraction of sp³-hybridized carbons (Fsp3) is 0.917. The van der Waals surface area contributed by atoms with Crippen LogP contribution in [0.5, 0.6) is 0 Å². The van der Waals surface area contributed by atoms with Crippen LogP contribution in [0.1, 0.15) is 47.5 Å². The molecule has 0 bridgehead atoms. The lowest BCUT2D eigenvalue weighted by molar-refractivity contribution is -0.126. The highest BCUT2D eigenvalue weighted by Gasteiger charge is 2.31. The second-order valence-electron chi connectivity index (χ2n) is 6.41. The van der Waals surface area contributed by atoms with Crippen LogP contribution in [0, 0.1) is 5.41 Å². The van der Waals surface area contributed by atoms with E-state index in [1.165, 1.54) is 0 Å². The minimum absolute atomic E-state index is 0.0456. The van der Waals surface area contributed by atoms with E-state index in [0.717, 1.165) is 19.4 Å². The molecule has 1 saturated heterocycles. The maximum absolute atomic E-state index is 11.8. The Labute approximate surface area is 93.0 Å². The average molecular weight is 212 g/mol. The summed E-state index contributed by atoms with van der Waals surface area (Å²) >= 11 is 0. The molecule has 88 valence electrons. The first-order chi connectivity index (χ1) is 6.70. The number of hydrogen-bond donors (Lipinski definition) is 2. The van der Waals surface area contributed by atoms with E-state index >= 15 is 0 Å². The number of carbonyl (C=O) groups is 1. The minimum atomic E-state index is -0.118. The molecule has 1 amide bonds. The number of nitrogens with one attached hydrogen (secondary N) is 2. The number of amides is 1. The molecule has 1 rings (SSSR count). The van der Waals surface area contributed by atoms with Gasteiger partial charge in [-0.2, -0.15) is 0 Å². The summed E-state index contributed by atoms with van der Waals surface area (Å²) in [4.78, 5) is 11.8. The Kier molecular flexibility index (Phi) is 3.44. The molecule has 1 heterocycles. The summed E-state index contributed by atoms with van der Waals surface area (Å²) in [7, 11) is 0. The first-order valence-corrected chi connectivity index (χ1v) is 5.75. The van der Waals surface area contributed by atoms with E-state index in [2.05, 4.69) is 45.3 Å². The summed E-state index contributed by atoms with van der Waals surface area (Å²) in [5, 5.41) is 6.23. The molecule has 0 aromatic heterocycles. The molecular formula is C12H24N2O. The molecule has 0 unspecified atom stereocenters. The van der Waals surface area contributed by atoms with Crippen molar-refractivity contribution < 1.29 is 4.79 Å². The van der Waals surface area contributed by atoms with Gasteiger partial charge in [-0.15, -0.1) is 0 Å². The van der Waals surface area contributed by atoms with Gasteiger partial charge in [0.05, 0.1) is 6.04 Å². The van der Waals surface area contributed by atoms with Crippen LogP contribution in [-0.2, 0) is 4.79 Å². The molecule has 0 radical (unpaired) electrons. The van der Waals surface area contributed by atoms with Crippen LogP contribution in [0.15, 0.2) is 0 Å². The molecule has 3 nitrogen and oxygen atoms in total. The van der Waals surface area contributed by atoms with Gasteiger partial charge < -0.3 is 10.6 Å². The number of hydrogen-bond acceptors (Lipinski definition) is 2. The summed E-state index contributed by atoms with van der Waals surface area (Å²) in [6.07, 6.45) is 1.95. The van der Waals surface area contributed by atoms with E-state index < -0.39 is 0 Å². The average Bonchev–Trinajstić information content (AvgIpc) is 1.71. The lowest BCUT2D eigenvalue weighted by Gasteiger charge is -2.36. The smallest absolute Gasteiger partial charge is 0.237 e. The topological polar surface area (TPSA) is 41.1 Å². The van der Waals surface area contributed by atoms with E-state index in [1.54, 1.807) is 0 Å². The van der Waals surface area contributed by atoms with Gasteiger partial charge in [0.2, 0.25) is 5.91 Å². The summed E-state index contributed by atoms with van der Waals surface area (Å²) in [5.41, 5.74) is 0.121. The fourth-order valence-corrected chi connectivity index (χ4v) is 2.30. The normalized spacial score (nSPS) is 22.1. The van der Waals surface area contributed by atoms with Crippen LogP contribution in [0.25, 0.3) is 0 Å². The predicted molar refractivity (Wildman–Crippen MR) is 62.7 cm³/mol. The molecule has 0 saturated carbocycles. The van der Waals surface area contributed by atoms with Crippen LogP contribution < -0.4 is 10.6 Å². The summed E-state index contributed by atoms with van der Waals surface area (Å²) < 4.78 is 0. The largest absolute Gasteiger partial charge is 0.350 e. The Morgan fingerprint density at radius 1 is 1.33 bits per heavy atom. The van der Waals surface area contributed by atoms with Gasteiger partial charge in [0, 0.05) is 5.54 Å². The van der Waals surface area contributed by atoms with Crippen molar-refractivity contribution in [2.45, 2.75) is 59.0 Å². The molecular weight excluding hydrogens is 188 g/mol. The van der Waals surface area contributed by atoms with Crippen molar-refractivity contribution in [1.82, 2.24) is 10.6 Å². The third-order valence-corrected chi connectivity index (χ3v) is 2.57. The van der Waals surface area contributed by atoms with Gasteiger partial charge in [-0.05, 0) is 38.6 Å². The van der Waals surface area contributed by atoms with E-state index in [9.17, 15) is 4.79 Å². The zero-order chi connectivity index (χ0) is 11.7.